The van der Waals surface area contributed by atoms with E-state index in [1.165, 1.54) is 28.8 Å². The molecule has 1 aliphatic rings. The molecule has 30 heavy (non-hydrogen) atoms. The molecule has 1 aromatic carbocycles. The standard InChI is InChI=1S/C18H24ClFN6O3S/c1-3-10-29-18-24-16(21-12-6-8-26(9-7-12)30(2,27)28)23-17(25-18)22-13-4-5-15(20)14(19)11-13/h4-5,11-12H,3,6-10H2,1-2H3,(H2,21,22,23,24,25). The molecular weight excluding hydrogens is 435 g/mol. The molecule has 2 heterocycles. The van der Waals surface area contributed by atoms with Crippen molar-refractivity contribution >= 4 is 39.2 Å². The van der Waals surface area contributed by atoms with Crippen LogP contribution in [-0.2, 0) is 10.0 Å². The van der Waals surface area contributed by atoms with Crippen molar-refractivity contribution < 1.29 is 17.5 Å². The Kier molecular flexibility index (Phi) is 7.27. The van der Waals surface area contributed by atoms with Gasteiger partial charge < -0.3 is 15.4 Å². The molecule has 0 spiro atoms. The molecule has 1 aliphatic heterocycles. The minimum Gasteiger partial charge on any atom is -0.463 e. The number of hydrogen-bond donors (Lipinski definition) is 2. The van der Waals surface area contributed by atoms with Gasteiger partial charge >= 0.3 is 6.01 Å². The summed E-state index contributed by atoms with van der Waals surface area (Å²) in [5.74, 6) is 0.00657. The number of nitrogens with zero attached hydrogens (tertiary/aromatic N) is 4. The molecule has 12 heteroatoms. The van der Waals surface area contributed by atoms with Gasteiger partial charge in [-0.15, -0.1) is 0 Å². The summed E-state index contributed by atoms with van der Waals surface area (Å²) in [7, 11) is -3.19. The van der Waals surface area contributed by atoms with Crippen molar-refractivity contribution in [3.8, 4) is 6.01 Å². The number of anilines is 3. The van der Waals surface area contributed by atoms with Gasteiger partial charge in [0, 0.05) is 24.8 Å². The molecule has 0 amide bonds. The van der Waals surface area contributed by atoms with Crippen molar-refractivity contribution in [3.05, 3.63) is 29.0 Å². The quantitative estimate of drug-likeness (QED) is 0.621. The zero-order valence-electron chi connectivity index (χ0n) is 16.7. The van der Waals surface area contributed by atoms with Crippen LogP contribution in [0.15, 0.2) is 18.2 Å². The van der Waals surface area contributed by atoms with Crippen LogP contribution in [0.25, 0.3) is 0 Å². The van der Waals surface area contributed by atoms with E-state index in [1.54, 1.807) is 0 Å². The van der Waals surface area contributed by atoms with Crippen LogP contribution in [-0.4, -0.2) is 59.7 Å². The van der Waals surface area contributed by atoms with E-state index in [4.69, 9.17) is 16.3 Å². The average Bonchev–Trinajstić information content (AvgIpc) is 2.69. The molecule has 164 valence electrons. The third-order valence-electron chi connectivity index (χ3n) is 4.48. The number of rotatable bonds is 8. The average molecular weight is 459 g/mol. The molecule has 0 atom stereocenters. The first-order chi connectivity index (χ1) is 14.2. The molecule has 0 aliphatic carbocycles. The number of aromatic nitrogens is 3. The number of nitrogens with one attached hydrogen (secondary N) is 2. The zero-order valence-corrected chi connectivity index (χ0v) is 18.3. The van der Waals surface area contributed by atoms with Gasteiger partial charge in [0.15, 0.2) is 0 Å². The highest BCUT2D eigenvalue weighted by Crippen LogP contribution is 2.23. The van der Waals surface area contributed by atoms with Gasteiger partial charge in [-0.25, -0.2) is 17.1 Å². The molecule has 1 aromatic heterocycles. The van der Waals surface area contributed by atoms with Gasteiger partial charge in [-0.3, -0.25) is 0 Å². The van der Waals surface area contributed by atoms with Gasteiger partial charge in [-0.05, 0) is 37.5 Å². The van der Waals surface area contributed by atoms with Crippen LogP contribution < -0.4 is 15.4 Å². The minimum atomic E-state index is -3.19. The summed E-state index contributed by atoms with van der Waals surface area (Å²) in [6, 6.07) is 4.36. The molecule has 9 nitrogen and oxygen atoms in total. The monoisotopic (exact) mass is 458 g/mol. The summed E-state index contributed by atoms with van der Waals surface area (Å²) in [6.45, 7) is 3.27. The van der Waals surface area contributed by atoms with Crippen LogP contribution in [0.1, 0.15) is 26.2 Å². The molecule has 0 unspecified atom stereocenters. The fourth-order valence-corrected chi connectivity index (χ4v) is 4.01. The lowest BCUT2D eigenvalue weighted by Crippen LogP contribution is -2.42. The maximum atomic E-state index is 13.4. The lowest BCUT2D eigenvalue weighted by atomic mass is 10.1. The van der Waals surface area contributed by atoms with E-state index in [1.807, 2.05) is 6.92 Å². The molecular formula is C18H24ClFN6O3S. The summed E-state index contributed by atoms with van der Waals surface area (Å²) in [6.07, 6.45) is 3.25. The predicted molar refractivity (Wildman–Crippen MR) is 113 cm³/mol. The first-order valence-electron chi connectivity index (χ1n) is 9.57. The van der Waals surface area contributed by atoms with Crippen LogP contribution in [0, 0.1) is 5.82 Å². The number of ether oxygens (including phenoxy) is 1. The van der Waals surface area contributed by atoms with Crippen molar-refractivity contribution in [2.75, 3.05) is 36.6 Å². The Labute approximate surface area is 180 Å². The summed E-state index contributed by atoms with van der Waals surface area (Å²) in [4.78, 5) is 12.9. The van der Waals surface area contributed by atoms with Crippen LogP contribution >= 0.6 is 11.6 Å². The number of piperidine rings is 1. The zero-order chi connectivity index (χ0) is 21.7. The normalized spacial score (nSPS) is 15.7. The van der Waals surface area contributed by atoms with E-state index in [0.29, 0.717) is 44.2 Å². The fraction of sp³-hybridized carbons (Fsp3) is 0.500. The lowest BCUT2D eigenvalue weighted by Gasteiger charge is -2.30. The summed E-state index contributed by atoms with van der Waals surface area (Å²) in [5.41, 5.74) is 0.515. The first kappa shape index (κ1) is 22.4. The molecule has 3 rings (SSSR count). The number of hydrogen-bond acceptors (Lipinski definition) is 8. The van der Waals surface area contributed by atoms with E-state index in [-0.39, 0.29) is 23.0 Å². The highest BCUT2D eigenvalue weighted by atomic mass is 35.5. The Morgan fingerprint density at radius 2 is 1.93 bits per heavy atom. The van der Waals surface area contributed by atoms with Crippen molar-refractivity contribution in [2.45, 2.75) is 32.2 Å². The number of sulfonamides is 1. The van der Waals surface area contributed by atoms with E-state index in [0.717, 1.165) is 6.42 Å². The highest BCUT2D eigenvalue weighted by Gasteiger charge is 2.25. The van der Waals surface area contributed by atoms with E-state index < -0.39 is 15.8 Å². The largest absolute Gasteiger partial charge is 0.463 e. The Balaban J connectivity index is 1.74. The van der Waals surface area contributed by atoms with Gasteiger partial charge in [0.25, 0.3) is 0 Å². The number of halogens is 2. The highest BCUT2D eigenvalue weighted by molar-refractivity contribution is 7.88. The topological polar surface area (TPSA) is 109 Å². The molecule has 0 saturated carbocycles. The van der Waals surface area contributed by atoms with Gasteiger partial charge in [0.05, 0.1) is 17.9 Å². The Bertz CT molecular complexity index is 986. The molecule has 2 N–H and O–H groups in total. The SMILES string of the molecule is CCCOc1nc(Nc2ccc(F)c(Cl)c2)nc(NC2CCN(S(C)(=O)=O)CC2)n1. The molecule has 1 saturated heterocycles. The molecule has 0 radical (unpaired) electrons. The summed E-state index contributed by atoms with van der Waals surface area (Å²) < 4.78 is 43.8. The summed E-state index contributed by atoms with van der Waals surface area (Å²) in [5, 5.41) is 6.18. The van der Waals surface area contributed by atoms with Crippen LogP contribution in [0.3, 0.4) is 0 Å². The summed E-state index contributed by atoms with van der Waals surface area (Å²) >= 11 is 5.83. The minimum absolute atomic E-state index is 0.0116. The first-order valence-corrected chi connectivity index (χ1v) is 11.8. The third kappa shape index (κ3) is 6.13. The van der Waals surface area contributed by atoms with E-state index in [2.05, 4.69) is 25.6 Å². The van der Waals surface area contributed by atoms with Gasteiger partial charge in [0.1, 0.15) is 5.82 Å². The van der Waals surface area contributed by atoms with E-state index in [9.17, 15) is 12.8 Å². The third-order valence-corrected chi connectivity index (χ3v) is 6.07. The smallest absolute Gasteiger partial charge is 0.323 e. The Morgan fingerprint density at radius 3 is 2.57 bits per heavy atom. The Hall–Kier alpha value is -2.24. The van der Waals surface area contributed by atoms with Crippen molar-refractivity contribution in [2.24, 2.45) is 0 Å². The second-order valence-electron chi connectivity index (χ2n) is 6.95. The second-order valence-corrected chi connectivity index (χ2v) is 9.34. The number of benzene rings is 1. The predicted octanol–water partition coefficient (Wildman–Crippen LogP) is 3.03. The van der Waals surface area contributed by atoms with Crippen LogP contribution in [0.2, 0.25) is 5.02 Å². The second kappa shape index (κ2) is 9.71. The van der Waals surface area contributed by atoms with E-state index >= 15 is 0 Å². The van der Waals surface area contributed by atoms with Gasteiger partial charge in [-0.1, -0.05) is 18.5 Å². The maximum absolute atomic E-state index is 13.4. The van der Waals surface area contributed by atoms with Gasteiger partial charge in [-0.2, -0.15) is 15.0 Å². The maximum Gasteiger partial charge on any atom is 0.323 e. The molecule has 2 aromatic rings. The fourth-order valence-electron chi connectivity index (χ4n) is 2.95. The van der Waals surface area contributed by atoms with Gasteiger partial charge in [0.2, 0.25) is 21.9 Å². The van der Waals surface area contributed by atoms with Crippen LogP contribution in [0.4, 0.5) is 22.0 Å². The lowest BCUT2D eigenvalue weighted by molar-refractivity contribution is 0.291. The van der Waals surface area contributed by atoms with Crippen molar-refractivity contribution in [1.82, 2.24) is 19.3 Å². The molecule has 1 fully saturated rings. The molecule has 0 bridgehead atoms. The van der Waals surface area contributed by atoms with Crippen LogP contribution in [0.5, 0.6) is 6.01 Å². The van der Waals surface area contributed by atoms with Crippen molar-refractivity contribution in [3.63, 3.8) is 0 Å². The Morgan fingerprint density at radius 1 is 1.23 bits per heavy atom. The van der Waals surface area contributed by atoms with Crippen molar-refractivity contribution in [1.29, 1.82) is 0 Å².